The van der Waals surface area contributed by atoms with E-state index < -0.39 is 0 Å². The second kappa shape index (κ2) is 7.21. The fourth-order valence-electron chi connectivity index (χ4n) is 3.45. The van der Waals surface area contributed by atoms with Crippen molar-refractivity contribution in [3.8, 4) is 0 Å². The van der Waals surface area contributed by atoms with E-state index in [-0.39, 0.29) is 0 Å². The van der Waals surface area contributed by atoms with Gasteiger partial charge in [0.25, 0.3) is 0 Å². The van der Waals surface area contributed by atoms with Crippen molar-refractivity contribution >= 4 is 23.5 Å². The summed E-state index contributed by atoms with van der Waals surface area (Å²) in [4.78, 5) is 6.43. The predicted octanol–water partition coefficient (Wildman–Crippen LogP) is 3.53. The van der Waals surface area contributed by atoms with Gasteiger partial charge in [0.2, 0.25) is 11.9 Å². The summed E-state index contributed by atoms with van der Waals surface area (Å²) in [6.45, 7) is 4.36. The first kappa shape index (κ1) is 16.1. The van der Waals surface area contributed by atoms with Gasteiger partial charge in [-0.1, -0.05) is 30.7 Å². The first-order valence-corrected chi connectivity index (χ1v) is 8.65. The minimum absolute atomic E-state index is 0.388. The fraction of sp³-hybridized carbons (Fsp3) is 0.529. The number of rotatable bonds is 5. The molecule has 3 rings (SSSR count). The predicted molar refractivity (Wildman–Crippen MR) is 94.7 cm³/mol. The van der Waals surface area contributed by atoms with Crippen molar-refractivity contribution in [2.24, 2.45) is 11.8 Å². The van der Waals surface area contributed by atoms with Crippen LogP contribution in [-0.4, -0.2) is 28.3 Å². The Morgan fingerprint density at radius 3 is 2.61 bits per heavy atom. The lowest BCUT2D eigenvalue weighted by atomic mass is 9.85. The van der Waals surface area contributed by atoms with Crippen molar-refractivity contribution in [3.63, 3.8) is 0 Å². The van der Waals surface area contributed by atoms with Crippen LogP contribution in [0.25, 0.3) is 0 Å². The van der Waals surface area contributed by atoms with Gasteiger partial charge in [0.15, 0.2) is 0 Å². The van der Waals surface area contributed by atoms with E-state index in [1.54, 1.807) is 0 Å². The zero-order valence-electron chi connectivity index (χ0n) is 13.5. The van der Waals surface area contributed by atoms with E-state index in [4.69, 9.17) is 17.3 Å². The van der Waals surface area contributed by atoms with Gasteiger partial charge < -0.3 is 10.6 Å². The maximum atomic E-state index is 5.94. The molecule has 1 atom stereocenters. The quantitative estimate of drug-likeness (QED) is 0.878. The Hall–Kier alpha value is -1.75. The molecule has 2 heterocycles. The van der Waals surface area contributed by atoms with E-state index in [2.05, 4.69) is 39.1 Å². The molecule has 23 heavy (non-hydrogen) atoms. The molecule has 0 amide bonds. The number of nitrogens with zero attached hydrogens (tertiary/aromatic N) is 3. The first-order valence-electron chi connectivity index (χ1n) is 8.27. The molecule has 1 aliphatic rings. The molecule has 3 N–H and O–H groups in total. The van der Waals surface area contributed by atoms with Gasteiger partial charge >= 0.3 is 0 Å². The van der Waals surface area contributed by atoms with Crippen LogP contribution in [0.2, 0.25) is 5.02 Å². The second-order valence-electron chi connectivity index (χ2n) is 6.62. The molecular weight excluding hydrogens is 310 g/mol. The summed E-state index contributed by atoms with van der Waals surface area (Å²) < 4.78 is 0. The number of halogens is 1. The lowest BCUT2D eigenvalue weighted by Gasteiger charge is -2.32. The zero-order valence-corrected chi connectivity index (χ0v) is 14.3. The van der Waals surface area contributed by atoms with Gasteiger partial charge in [0, 0.05) is 18.1 Å². The second-order valence-corrected chi connectivity index (χ2v) is 7.06. The number of nitrogen functional groups attached to an aromatic ring is 1. The van der Waals surface area contributed by atoms with E-state index >= 15 is 0 Å². The number of benzene rings is 1. The Morgan fingerprint density at radius 2 is 2.00 bits per heavy atom. The number of nitrogens with two attached hydrogens (primary N) is 1. The van der Waals surface area contributed by atoms with Crippen LogP contribution in [0.3, 0.4) is 0 Å². The Balaban J connectivity index is 1.45. The minimum atomic E-state index is 0.388. The van der Waals surface area contributed by atoms with Crippen LogP contribution in [0.1, 0.15) is 31.7 Å². The third-order valence-electron chi connectivity index (χ3n) is 4.62. The number of hydrogen-bond donors (Lipinski definition) is 2. The monoisotopic (exact) mass is 333 g/mol. The highest BCUT2D eigenvalue weighted by Crippen LogP contribution is 2.27. The number of anilines is 2. The molecule has 0 saturated carbocycles. The molecule has 1 aliphatic heterocycles. The molecule has 1 unspecified atom stereocenters. The van der Waals surface area contributed by atoms with Gasteiger partial charge in [-0.25, -0.2) is 5.10 Å². The Bertz CT molecular complexity index is 616. The van der Waals surface area contributed by atoms with Gasteiger partial charge in [0.1, 0.15) is 0 Å². The molecule has 124 valence electrons. The molecule has 6 heteroatoms. The number of nitrogens with one attached hydrogen (secondary N) is 1. The lowest BCUT2D eigenvalue weighted by molar-refractivity contribution is 0.324. The topological polar surface area (TPSA) is 70.8 Å². The molecule has 0 aliphatic carbocycles. The van der Waals surface area contributed by atoms with Crippen molar-refractivity contribution in [2.45, 2.75) is 32.6 Å². The lowest BCUT2D eigenvalue weighted by Crippen LogP contribution is -2.35. The smallest absolute Gasteiger partial charge is 0.246 e. The summed E-state index contributed by atoms with van der Waals surface area (Å²) in [5.74, 6) is 2.59. The van der Waals surface area contributed by atoms with E-state index in [1.165, 1.54) is 24.8 Å². The summed E-state index contributed by atoms with van der Waals surface area (Å²) in [5.41, 5.74) is 6.97. The highest BCUT2D eigenvalue weighted by Gasteiger charge is 2.23. The molecule has 5 nitrogen and oxygen atoms in total. The van der Waals surface area contributed by atoms with E-state index in [9.17, 15) is 0 Å². The first-order chi connectivity index (χ1) is 11.1. The summed E-state index contributed by atoms with van der Waals surface area (Å²) in [6.07, 6.45) is 4.78. The van der Waals surface area contributed by atoms with Crippen LogP contribution in [0.15, 0.2) is 24.3 Å². The van der Waals surface area contributed by atoms with Gasteiger partial charge in [0.05, 0.1) is 0 Å². The van der Waals surface area contributed by atoms with Crippen LogP contribution in [0.5, 0.6) is 0 Å². The summed E-state index contributed by atoms with van der Waals surface area (Å²) in [6, 6.07) is 8.22. The average Bonchev–Trinajstić information content (AvgIpc) is 2.97. The number of aromatic nitrogens is 3. The van der Waals surface area contributed by atoms with Crippen LogP contribution >= 0.6 is 11.6 Å². The Morgan fingerprint density at radius 1 is 1.30 bits per heavy atom. The number of piperidine rings is 1. The molecule has 1 saturated heterocycles. The maximum Gasteiger partial charge on any atom is 0.246 e. The highest BCUT2D eigenvalue weighted by atomic mass is 35.5. The van der Waals surface area contributed by atoms with Crippen LogP contribution in [0, 0.1) is 11.8 Å². The van der Waals surface area contributed by atoms with Crippen molar-refractivity contribution in [1.82, 2.24) is 15.2 Å². The van der Waals surface area contributed by atoms with E-state index in [0.29, 0.717) is 11.9 Å². The third-order valence-corrected chi connectivity index (χ3v) is 4.87. The van der Waals surface area contributed by atoms with Crippen molar-refractivity contribution in [1.29, 1.82) is 0 Å². The number of H-pyrrole nitrogens is 1. The van der Waals surface area contributed by atoms with Gasteiger partial charge in [-0.2, -0.15) is 4.98 Å². The van der Waals surface area contributed by atoms with Crippen molar-refractivity contribution in [3.05, 3.63) is 34.9 Å². The molecule has 0 radical (unpaired) electrons. The van der Waals surface area contributed by atoms with Crippen molar-refractivity contribution < 1.29 is 0 Å². The third kappa shape index (κ3) is 4.38. The number of hydrogen-bond acceptors (Lipinski definition) is 4. The van der Waals surface area contributed by atoms with Crippen LogP contribution in [-0.2, 0) is 6.42 Å². The van der Waals surface area contributed by atoms with Gasteiger partial charge in [-0.15, -0.1) is 5.10 Å². The molecular formula is C17H24ClN5. The standard InChI is InChI=1S/C17H24ClN5/c1-12(10-13-2-4-15(18)5-3-13)11-14-6-8-23(9-7-14)17-20-16(19)21-22-17/h2-5,12,14H,6-11H2,1H3,(H3,19,20,21,22). The van der Waals surface area contributed by atoms with Crippen molar-refractivity contribution in [2.75, 3.05) is 23.7 Å². The summed E-state index contributed by atoms with van der Waals surface area (Å²) in [5, 5.41) is 7.66. The molecule has 2 aromatic rings. The molecule has 1 aromatic heterocycles. The normalized spacial score (nSPS) is 17.4. The largest absolute Gasteiger partial charge is 0.368 e. The average molecular weight is 334 g/mol. The summed E-state index contributed by atoms with van der Waals surface area (Å²) >= 11 is 5.94. The molecule has 1 fully saturated rings. The zero-order chi connectivity index (χ0) is 16.2. The van der Waals surface area contributed by atoms with Gasteiger partial charge in [-0.05, 0) is 55.2 Å². The SMILES string of the molecule is CC(Cc1ccc(Cl)cc1)CC1CCN(c2n[nH]c(N)n2)CC1. The highest BCUT2D eigenvalue weighted by molar-refractivity contribution is 6.30. The fourth-order valence-corrected chi connectivity index (χ4v) is 3.58. The Labute approximate surface area is 142 Å². The van der Waals surface area contributed by atoms with E-state index in [1.807, 2.05) is 12.1 Å². The summed E-state index contributed by atoms with van der Waals surface area (Å²) in [7, 11) is 0. The molecule has 0 bridgehead atoms. The van der Waals surface area contributed by atoms with Gasteiger partial charge in [-0.3, -0.25) is 0 Å². The van der Waals surface area contributed by atoms with E-state index in [0.717, 1.165) is 36.4 Å². The molecule has 0 spiro atoms. The minimum Gasteiger partial charge on any atom is -0.368 e. The maximum absolute atomic E-state index is 5.94. The Kier molecular flexibility index (Phi) is 5.06. The molecule has 1 aromatic carbocycles. The van der Waals surface area contributed by atoms with Crippen LogP contribution < -0.4 is 10.6 Å². The van der Waals surface area contributed by atoms with Crippen LogP contribution in [0.4, 0.5) is 11.9 Å². The number of aromatic amines is 1.